The molecule has 7 nitrogen and oxygen atoms in total. The number of hydrogen-bond donors (Lipinski definition) is 2. The van der Waals surface area contributed by atoms with Gasteiger partial charge in [0.2, 0.25) is 0 Å². The first-order valence-electron chi connectivity index (χ1n) is 5.05. The Morgan fingerprint density at radius 2 is 1.53 bits per heavy atom. The van der Waals surface area contributed by atoms with Crippen molar-refractivity contribution in [2.45, 2.75) is 6.92 Å². The molecule has 0 saturated carbocycles. The lowest BCUT2D eigenvalue weighted by atomic mass is 10.3. The Balaban J connectivity index is 0. The van der Waals surface area contributed by atoms with Crippen molar-refractivity contribution in [1.82, 2.24) is 4.90 Å². The Labute approximate surface area is 108 Å². The molecule has 1 rings (SSSR count). The van der Waals surface area contributed by atoms with E-state index in [-0.39, 0.29) is 0 Å². The quantitative estimate of drug-likeness (QED) is 0.492. The van der Waals surface area contributed by atoms with Crippen molar-refractivity contribution in [3.8, 4) is 0 Å². The van der Waals surface area contributed by atoms with Gasteiger partial charge in [-0.05, 0) is 14.0 Å². The van der Waals surface area contributed by atoms with Crippen molar-refractivity contribution in [2.75, 3.05) is 46.8 Å². The van der Waals surface area contributed by atoms with E-state index in [2.05, 4.69) is 38.5 Å². The summed E-state index contributed by atoms with van der Waals surface area (Å²) in [6, 6.07) is 0. The Morgan fingerprint density at radius 1 is 1.24 bits per heavy atom. The number of hydrogen-bond acceptors (Lipinski definition) is 5. The van der Waals surface area contributed by atoms with Crippen LogP contribution in [0.2, 0.25) is 0 Å². The summed E-state index contributed by atoms with van der Waals surface area (Å²) in [5, 5.41) is 0. The molecule has 0 spiro atoms. The number of nitrogens with zero attached hydrogens (tertiary/aromatic N) is 2. The van der Waals surface area contributed by atoms with Crippen LogP contribution in [0, 0.1) is 0 Å². The van der Waals surface area contributed by atoms with Crippen molar-refractivity contribution < 1.29 is 26.2 Å². The monoisotopic (exact) mass is 289 g/mol. The summed E-state index contributed by atoms with van der Waals surface area (Å²) in [5.41, 5.74) is 0. The third-order valence-corrected chi connectivity index (χ3v) is 2.81. The van der Waals surface area contributed by atoms with Crippen LogP contribution < -0.4 is 0 Å². The minimum atomic E-state index is -4.67. The van der Waals surface area contributed by atoms with Crippen molar-refractivity contribution in [3.63, 3.8) is 0 Å². The van der Waals surface area contributed by atoms with Crippen LogP contribution in [0.3, 0.4) is 0 Å². The molecule has 0 bridgehead atoms. The molecule has 0 aromatic carbocycles. The molecule has 17 heavy (non-hydrogen) atoms. The van der Waals surface area contributed by atoms with Gasteiger partial charge in [-0.2, -0.15) is 12.6 Å². The van der Waals surface area contributed by atoms with E-state index in [0.29, 0.717) is 0 Å². The maximum absolute atomic E-state index is 8.74. The van der Waals surface area contributed by atoms with Crippen LogP contribution in [0.15, 0.2) is 0 Å². The van der Waals surface area contributed by atoms with Crippen molar-refractivity contribution in [2.24, 2.45) is 0 Å². The van der Waals surface area contributed by atoms with Gasteiger partial charge in [-0.15, -0.1) is 0 Å². The van der Waals surface area contributed by atoms with Crippen LogP contribution in [0.5, 0.6) is 0 Å². The molecule has 0 aromatic heterocycles. The second-order valence-electron chi connectivity index (χ2n) is 4.13. The normalized spacial score (nSPS) is 19.4. The Morgan fingerprint density at radius 3 is 1.76 bits per heavy atom. The Hall–Kier alpha value is -0.190. The van der Waals surface area contributed by atoms with Crippen molar-refractivity contribution in [1.29, 1.82) is 0 Å². The van der Waals surface area contributed by atoms with Gasteiger partial charge in [0.25, 0.3) is 0 Å². The molecular weight excluding hydrogens is 268 g/mol. The van der Waals surface area contributed by atoms with Gasteiger partial charge >= 0.3 is 10.4 Å². The molecule has 1 heterocycles. The molecule has 2 N–H and O–H groups in total. The lowest BCUT2D eigenvalue weighted by Crippen LogP contribution is -2.56. The average molecular weight is 289 g/mol. The standard InChI is InChI=1S/C8H19N2.H2O4S.OS/c1-4-10(3)7-5-9(2)6-8-10;1-5(2,3)4;1-2/h4-8H2,1-3H3;(H2,1,2,3,4);/q+1;;. The fourth-order valence-electron chi connectivity index (χ4n) is 1.36. The van der Waals surface area contributed by atoms with E-state index < -0.39 is 10.4 Å². The molecular formula is C8H21N2O5S2+. The SMILES string of the molecule is CC[N+]1(C)CCN(C)CC1.O=S.O=S(=O)(O)O. The second-order valence-corrected chi connectivity index (χ2v) is 5.03. The first-order valence-corrected chi connectivity index (χ1v) is 6.78. The smallest absolute Gasteiger partial charge is 0.324 e. The van der Waals surface area contributed by atoms with E-state index in [0.717, 1.165) is 0 Å². The van der Waals surface area contributed by atoms with Crippen LogP contribution in [-0.4, -0.2) is 77.9 Å². The van der Waals surface area contributed by atoms with Gasteiger partial charge in [-0.3, -0.25) is 14.0 Å². The van der Waals surface area contributed by atoms with Crippen molar-refractivity contribution in [3.05, 3.63) is 0 Å². The number of likely N-dealkylation sites (N-methyl/N-ethyl adjacent to an activating group) is 2. The van der Waals surface area contributed by atoms with Crippen molar-refractivity contribution >= 4 is 22.9 Å². The predicted octanol–water partition coefficient (Wildman–Crippen LogP) is -0.591. The molecule has 1 fully saturated rings. The fraction of sp³-hybridized carbons (Fsp3) is 1.00. The highest BCUT2D eigenvalue weighted by Crippen LogP contribution is 2.06. The summed E-state index contributed by atoms with van der Waals surface area (Å²) in [6.07, 6.45) is 0. The first-order chi connectivity index (χ1) is 7.66. The largest absolute Gasteiger partial charge is 0.394 e. The third kappa shape index (κ3) is 13.7. The van der Waals surface area contributed by atoms with E-state index in [1.54, 1.807) is 0 Å². The zero-order valence-corrected chi connectivity index (χ0v) is 12.0. The highest BCUT2D eigenvalue weighted by atomic mass is 32.3. The zero-order valence-electron chi connectivity index (χ0n) is 10.4. The maximum Gasteiger partial charge on any atom is 0.394 e. The molecule has 0 amide bonds. The predicted molar refractivity (Wildman–Crippen MR) is 66.3 cm³/mol. The highest BCUT2D eigenvalue weighted by molar-refractivity contribution is 7.79. The van der Waals surface area contributed by atoms with Gasteiger partial charge in [0.05, 0.1) is 26.7 Å². The van der Waals surface area contributed by atoms with E-state index in [4.69, 9.17) is 21.7 Å². The minimum Gasteiger partial charge on any atom is -0.324 e. The van der Waals surface area contributed by atoms with Crippen LogP contribution >= 0.6 is 0 Å². The van der Waals surface area contributed by atoms with Gasteiger partial charge in [-0.25, -0.2) is 0 Å². The summed E-state index contributed by atoms with van der Waals surface area (Å²) >= 11 is 2.83. The summed E-state index contributed by atoms with van der Waals surface area (Å²) in [7, 11) is -0.105. The van der Waals surface area contributed by atoms with Crippen LogP contribution in [0.4, 0.5) is 0 Å². The van der Waals surface area contributed by atoms with Crippen LogP contribution in [-0.2, 0) is 22.9 Å². The molecule has 9 heteroatoms. The Kier molecular flexibility index (Phi) is 9.96. The molecule has 1 saturated heterocycles. The average Bonchev–Trinajstić information content (AvgIpc) is 2.24. The fourth-order valence-corrected chi connectivity index (χ4v) is 1.36. The van der Waals surface area contributed by atoms with Gasteiger partial charge in [0.1, 0.15) is 0 Å². The van der Waals surface area contributed by atoms with E-state index in [1.807, 2.05) is 0 Å². The number of rotatable bonds is 1. The van der Waals surface area contributed by atoms with E-state index >= 15 is 0 Å². The second kappa shape index (κ2) is 8.84. The van der Waals surface area contributed by atoms with Crippen LogP contribution in [0.1, 0.15) is 6.92 Å². The molecule has 0 atom stereocenters. The molecule has 0 unspecified atom stereocenters. The minimum absolute atomic E-state index is 1.27. The van der Waals surface area contributed by atoms with Gasteiger partial charge in [0.15, 0.2) is 12.5 Å². The lowest BCUT2D eigenvalue weighted by Gasteiger charge is -2.40. The Bertz CT molecular complexity index is 280. The molecule has 0 aromatic rings. The molecule has 0 aliphatic carbocycles. The maximum atomic E-state index is 8.74. The zero-order chi connectivity index (χ0) is 14.1. The van der Waals surface area contributed by atoms with Gasteiger partial charge in [0, 0.05) is 13.1 Å². The third-order valence-electron chi connectivity index (χ3n) is 2.81. The first kappa shape index (κ1) is 19.2. The number of piperazine rings is 1. The summed E-state index contributed by atoms with van der Waals surface area (Å²) in [4.78, 5) is 2.41. The van der Waals surface area contributed by atoms with E-state index in [9.17, 15) is 0 Å². The van der Waals surface area contributed by atoms with Gasteiger partial charge < -0.3 is 4.48 Å². The van der Waals surface area contributed by atoms with E-state index in [1.165, 1.54) is 37.2 Å². The highest BCUT2D eigenvalue weighted by Gasteiger charge is 2.24. The molecule has 104 valence electrons. The molecule has 0 radical (unpaired) electrons. The summed E-state index contributed by atoms with van der Waals surface area (Å²) in [5.74, 6) is 0. The topological polar surface area (TPSA) is 94.9 Å². The number of quaternary nitrogens is 1. The van der Waals surface area contributed by atoms with Crippen LogP contribution in [0.25, 0.3) is 0 Å². The lowest BCUT2D eigenvalue weighted by molar-refractivity contribution is -0.911. The summed E-state index contributed by atoms with van der Waals surface area (Å²) < 4.78 is 40.7. The van der Waals surface area contributed by atoms with Gasteiger partial charge in [-0.1, -0.05) is 0 Å². The molecule has 1 aliphatic rings. The molecule has 1 aliphatic heterocycles. The summed E-state index contributed by atoms with van der Waals surface area (Å²) in [6.45, 7) is 8.76.